The average molecular weight is 631 g/mol. The van der Waals surface area contributed by atoms with Crippen LogP contribution >= 0.6 is 11.6 Å². The first-order chi connectivity index (χ1) is 20.0. The quantitative estimate of drug-likeness (QED) is 0.197. The van der Waals surface area contributed by atoms with Crippen molar-refractivity contribution in [3.8, 4) is 16.9 Å². The maximum atomic E-state index is 12.9. The molecule has 3 aromatic carbocycles. The number of aromatic nitrogens is 2. The van der Waals surface area contributed by atoms with Gasteiger partial charge in [0.2, 0.25) is 0 Å². The molecule has 0 radical (unpaired) electrons. The topological polar surface area (TPSA) is 76.6 Å². The van der Waals surface area contributed by atoms with Crippen molar-refractivity contribution in [2.24, 2.45) is 0 Å². The van der Waals surface area contributed by atoms with Gasteiger partial charge in [0.05, 0.1) is 0 Å². The molecule has 7 nitrogen and oxygen atoms in total. The molecule has 0 bridgehead atoms. The summed E-state index contributed by atoms with van der Waals surface area (Å²) in [5.41, 5.74) is 6.49. The van der Waals surface area contributed by atoms with Gasteiger partial charge in [-0.3, -0.25) is 0 Å². The van der Waals surface area contributed by atoms with Crippen LogP contribution in [0, 0.1) is 0 Å². The second-order valence-electron chi connectivity index (χ2n) is 10.6. The Morgan fingerprint density at radius 2 is 2.07 bits per heavy atom. The molecule has 1 saturated heterocycles. The van der Waals surface area contributed by atoms with E-state index in [2.05, 4.69) is 40.6 Å². The molecule has 1 aliphatic carbocycles. The molecule has 1 unspecified atom stereocenters. The van der Waals surface area contributed by atoms with E-state index in [0.717, 1.165) is 46.3 Å². The van der Waals surface area contributed by atoms with Crippen LogP contribution in [0.15, 0.2) is 67.0 Å². The van der Waals surface area contributed by atoms with Crippen molar-refractivity contribution in [3.05, 3.63) is 83.2 Å². The van der Waals surface area contributed by atoms with E-state index in [9.17, 15) is 4.79 Å². The number of ether oxygens (including phenoxy) is 2. The number of nitrogens with one attached hydrogen (secondary N) is 1. The third-order valence-corrected chi connectivity index (χ3v) is 10.9. The molecule has 4 aromatic rings. The molecule has 0 spiro atoms. The summed E-state index contributed by atoms with van der Waals surface area (Å²) in [7, 11) is 3.92. The van der Waals surface area contributed by atoms with Crippen molar-refractivity contribution in [1.29, 1.82) is 0 Å². The Hall–Kier alpha value is -3.22. The van der Waals surface area contributed by atoms with E-state index in [0.29, 0.717) is 24.6 Å². The molecule has 2 atom stereocenters. The van der Waals surface area contributed by atoms with Gasteiger partial charge in [0.15, 0.2) is 0 Å². The number of fused-ring (bicyclic) bond motifs is 4. The van der Waals surface area contributed by atoms with Gasteiger partial charge < -0.3 is 0 Å². The van der Waals surface area contributed by atoms with Gasteiger partial charge in [-0.15, -0.1) is 0 Å². The van der Waals surface area contributed by atoms with E-state index in [1.165, 1.54) is 26.6 Å². The summed E-state index contributed by atoms with van der Waals surface area (Å²) in [6.07, 6.45) is 7.95. The predicted molar refractivity (Wildman–Crippen MR) is 166 cm³/mol. The number of benzene rings is 3. The number of anilines is 1. The third kappa shape index (κ3) is 6.19. The molecule has 41 heavy (non-hydrogen) atoms. The van der Waals surface area contributed by atoms with Crippen molar-refractivity contribution in [1.82, 2.24) is 14.9 Å². The minimum absolute atomic E-state index is 0.0482. The molecule has 6 rings (SSSR count). The molecule has 1 N–H and O–H groups in total. The van der Waals surface area contributed by atoms with Crippen LogP contribution in [0.4, 0.5) is 5.69 Å². The van der Waals surface area contributed by atoms with E-state index >= 15 is 0 Å². The van der Waals surface area contributed by atoms with Crippen molar-refractivity contribution in [2.45, 2.75) is 25.4 Å². The summed E-state index contributed by atoms with van der Waals surface area (Å²) < 4.78 is 14.1. The maximum absolute atomic E-state index is 12.9. The van der Waals surface area contributed by atoms with Crippen LogP contribution < -0.4 is 18.9 Å². The number of hydrogen-bond acceptors (Lipinski definition) is 6. The van der Waals surface area contributed by atoms with Gasteiger partial charge in [-0.05, 0) is 0 Å². The van der Waals surface area contributed by atoms with Crippen LogP contribution in [0.1, 0.15) is 24.0 Å². The Bertz CT molecular complexity index is 1640. The molecule has 2 aliphatic rings. The third-order valence-electron chi connectivity index (χ3n) is 7.33. The van der Waals surface area contributed by atoms with Crippen LogP contribution in [0.2, 0.25) is 5.02 Å². The second-order valence-corrected chi connectivity index (χ2v) is 13.6. The number of carbonyl (C=O) groups is 1. The number of likely N-dealkylation sites (N-methyl/N-ethyl adjacent to an activating group) is 1. The predicted octanol–water partition coefficient (Wildman–Crippen LogP) is 3.86. The van der Waals surface area contributed by atoms with E-state index < -0.39 is 15.8 Å². The standard InChI is InChI=1S/C32H32AsClN4O3/c1-38(2)13-5-10-29(39)37-27-16-24-26(17-28(27)41-18-22-8-6-14-40-22)35-19-36-32(24)33-31-25(34)12-11-21-15-20-7-3-4-9-23(20)30(21)31/h3-5,7,9-12,16-17,19,22,33H,6,8,13-15,18H2,1-2H3,(H,37,39)/t22-/m1/s1. The number of nitrogens with zero attached hydrogens (tertiary/aromatic N) is 3. The first-order valence-corrected chi connectivity index (χ1v) is 16.3. The molecule has 0 saturated carbocycles. The Morgan fingerprint density at radius 1 is 1.20 bits per heavy atom. The molecule has 9 heteroatoms. The van der Waals surface area contributed by atoms with Crippen LogP contribution in [-0.2, 0) is 16.0 Å². The molecule has 1 aliphatic heterocycles. The zero-order chi connectivity index (χ0) is 28.3. The number of carbonyl (C=O) groups excluding carboxylic acids is 1. The number of rotatable bonds is 9. The fraction of sp³-hybridized carbons (Fsp3) is 0.281. The van der Waals surface area contributed by atoms with Crippen LogP contribution in [-0.4, -0.2) is 76.5 Å². The monoisotopic (exact) mass is 630 g/mol. The van der Waals surface area contributed by atoms with Crippen molar-refractivity contribution < 1.29 is 14.3 Å². The molecular weight excluding hydrogens is 599 g/mol. The fourth-order valence-corrected chi connectivity index (χ4v) is 8.51. The van der Waals surface area contributed by atoms with Gasteiger partial charge in [-0.25, -0.2) is 0 Å². The van der Waals surface area contributed by atoms with Gasteiger partial charge in [0.25, 0.3) is 0 Å². The van der Waals surface area contributed by atoms with E-state index in [-0.39, 0.29) is 12.0 Å². The Morgan fingerprint density at radius 3 is 2.90 bits per heavy atom. The van der Waals surface area contributed by atoms with Crippen LogP contribution in [0.25, 0.3) is 22.0 Å². The summed E-state index contributed by atoms with van der Waals surface area (Å²) in [5, 5.41) is 4.69. The van der Waals surface area contributed by atoms with Crippen molar-refractivity contribution in [2.75, 3.05) is 39.2 Å². The first kappa shape index (κ1) is 27.9. The van der Waals surface area contributed by atoms with Crippen molar-refractivity contribution >= 4 is 58.7 Å². The zero-order valence-corrected chi connectivity index (χ0v) is 26.0. The molecule has 210 valence electrons. The van der Waals surface area contributed by atoms with Gasteiger partial charge >= 0.3 is 252 Å². The van der Waals surface area contributed by atoms with E-state index in [1.54, 1.807) is 12.4 Å². The Kier molecular flexibility index (Phi) is 8.40. The van der Waals surface area contributed by atoms with Gasteiger partial charge in [-0.1, -0.05) is 0 Å². The van der Waals surface area contributed by atoms with Crippen molar-refractivity contribution in [3.63, 3.8) is 0 Å². The molecular formula is C32H32AsClN4O3. The summed E-state index contributed by atoms with van der Waals surface area (Å²) in [6.45, 7) is 1.84. The normalized spacial score (nSPS) is 16.2. The van der Waals surface area contributed by atoms with Gasteiger partial charge in [0.1, 0.15) is 0 Å². The summed E-state index contributed by atoms with van der Waals surface area (Å²) in [4.78, 5) is 24.2. The number of amides is 1. The first-order valence-electron chi connectivity index (χ1n) is 13.8. The Balaban J connectivity index is 1.37. The fourth-order valence-electron chi connectivity index (χ4n) is 5.34. The average Bonchev–Trinajstić information content (AvgIpc) is 3.61. The van der Waals surface area contributed by atoms with Gasteiger partial charge in [-0.2, -0.15) is 0 Å². The summed E-state index contributed by atoms with van der Waals surface area (Å²) in [6, 6.07) is 16.5. The molecule has 1 fully saturated rings. The molecule has 2 heterocycles. The van der Waals surface area contributed by atoms with Crippen LogP contribution in [0.3, 0.4) is 0 Å². The zero-order valence-electron chi connectivity index (χ0n) is 23.1. The Labute approximate surface area is 251 Å². The molecule has 1 aromatic heterocycles. The van der Waals surface area contributed by atoms with Gasteiger partial charge in [0, 0.05) is 0 Å². The summed E-state index contributed by atoms with van der Waals surface area (Å²) >= 11 is 5.91. The SMILES string of the molecule is CN(C)CC=CC(=O)Nc1cc2c([AsH]c3c(Cl)ccc4c3-c3ccccc3C4)ncnc2cc1OC[C@H]1CCCO1. The van der Waals surface area contributed by atoms with E-state index in [4.69, 9.17) is 26.1 Å². The number of halogens is 1. The minimum atomic E-state index is -0.958. The summed E-state index contributed by atoms with van der Waals surface area (Å²) in [5.74, 6) is 0.350. The van der Waals surface area contributed by atoms with Crippen LogP contribution in [0.5, 0.6) is 5.75 Å². The second kappa shape index (κ2) is 12.3. The molecule has 1 amide bonds. The van der Waals surface area contributed by atoms with E-state index in [1.807, 2.05) is 43.3 Å². The number of hydrogen-bond donors (Lipinski definition) is 1.